The van der Waals surface area contributed by atoms with Gasteiger partial charge in [0.15, 0.2) is 5.49 Å². The summed E-state index contributed by atoms with van der Waals surface area (Å²) in [6.45, 7) is 10.0. The van der Waals surface area contributed by atoms with Crippen molar-refractivity contribution in [3.8, 4) is 0 Å². The number of aromatic nitrogens is 3. The van der Waals surface area contributed by atoms with Crippen molar-refractivity contribution in [2.45, 2.75) is 46.3 Å². The fraction of sp³-hybridized carbons (Fsp3) is 0.321. The molecule has 0 aromatic carbocycles. The van der Waals surface area contributed by atoms with E-state index in [4.69, 9.17) is 14.5 Å². The highest BCUT2D eigenvalue weighted by Gasteiger charge is 2.20. The number of pyridine rings is 2. The summed E-state index contributed by atoms with van der Waals surface area (Å²) in [4.78, 5) is 48.5. The highest BCUT2D eigenvalue weighted by molar-refractivity contribution is 9.11. The van der Waals surface area contributed by atoms with Crippen LogP contribution >= 0.6 is 15.9 Å². The second kappa shape index (κ2) is 13.8. The third-order valence-corrected chi connectivity index (χ3v) is 5.88. The van der Waals surface area contributed by atoms with Crippen molar-refractivity contribution in [2.75, 3.05) is 13.2 Å². The van der Waals surface area contributed by atoms with Crippen molar-refractivity contribution in [1.29, 1.82) is 0 Å². The Morgan fingerprint density at radius 2 is 2.05 bits per heavy atom. The summed E-state index contributed by atoms with van der Waals surface area (Å²) in [6, 6.07) is 6.63. The second-order valence-corrected chi connectivity index (χ2v) is 9.54. The number of amides is 1. The van der Waals surface area contributed by atoms with Crippen LogP contribution in [-0.2, 0) is 20.8 Å². The number of hydrogen-bond acceptors (Lipinski definition) is 6. The first-order valence-corrected chi connectivity index (χ1v) is 13.1. The molecule has 0 aliphatic rings. The number of nitrogens with zero attached hydrogens (tertiary/aromatic N) is 4. The van der Waals surface area contributed by atoms with E-state index in [2.05, 4.69) is 27.5 Å². The quantitative estimate of drug-likeness (QED) is 0.143. The van der Waals surface area contributed by atoms with Crippen LogP contribution < -0.4 is 11.0 Å². The maximum absolute atomic E-state index is 13.4. The Kier molecular flexibility index (Phi) is 10.5. The Bertz CT molecular complexity index is 1530. The predicted octanol–water partition coefficient (Wildman–Crippen LogP) is 4.48. The van der Waals surface area contributed by atoms with Gasteiger partial charge in [-0.1, -0.05) is 52.9 Å². The average molecular weight is 583 g/mol. The molecule has 0 saturated heterocycles. The molecule has 0 unspecified atom stereocenters. The van der Waals surface area contributed by atoms with Gasteiger partial charge in [-0.2, -0.15) is 4.99 Å². The van der Waals surface area contributed by atoms with Gasteiger partial charge in [0.05, 0.1) is 24.5 Å². The third-order valence-electron chi connectivity index (χ3n) is 5.34. The molecule has 9 nitrogen and oxygen atoms in total. The molecule has 0 saturated carbocycles. The second-order valence-electron chi connectivity index (χ2n) is 8.53. The number of carbonyl (C=O) groups is 2. The van der Waals surface area contributed by atoms with Crippen molar-refractivity contribution < 1.29 is 19.1 Å². The first-order valence-electron chi connectivity index (χ1n) is 12.3. The minimum absolute atomic E-state index is 0.0129. The molecule has 10 heteroatoms. The van der Waals surface area contributed by atoms with Crippen LogP contribution in [0.4, 0.5) is 0 Å². The zero-order valence-corrected chi connectivity index (χ0v) is 23.3. The number of halogens is 1. The maximum Gasteiger partial charge on any atom is 0.341 e. The predicted molar refractivity (Wildman–Crippen MR) is 150 cm³/mol. The van der Waals surface area contributed by atoms with E-state index in [1.54, 1.807) is 60.2 Å². The summed E-state index contributed by atoms with van der Waals surface area (Å²) in [6.07, 6.45) is 8.96. The lowest BCUT2D eigenvalue weighted by Crippen LogP contribution is -2.33. The van der Waals surface area contributed by atoms with Crippen LogP contribution in [-0.4, -0.2) is 45.1 Å². The summed E-state index contributed by atoms with van der Waals surface area (Å²) in [5.41, 5.74) is 0.492. The smallest absolute Gasteiger partial charge is 0.341 e. The lowest BCUT2D eigenvalue weighted by molar-refractivity contribution is -0.117. The van der Waals surface area contributed by atoms with E-state index in [0.29, 0.717) is 35.3 Å². The number of ether oxygens (including phenoxy) is 2. The number of esters is 1. The molecule has 0 fully saturated rings. The van der Waals surface area contributed by atoms with Crippen LogP contribution in [0.1, 0.15) is 44.0 Å². The number of aryl methyl sites for hydroxylation is 1. The summed E-state index contributed by atoms with van der Waals surface area (Å²) in [5, 5.41) is 0.212. The molecular weight excluding hydrogens is 552 g/mol. The zero-order valence-electron chi connectivity index (χ0n) is 21.7. The Morgan fingerprint density at radius 1 is 1.26 bits per heavy atom. The number of rotatable bonds is 11. The molecule has 38 heavy (non-hydrogen) atoms. The number of hydrogen-bond donors (Lipinski definition) is 0. The lowest BCUT2D eigenvalue weighted by Gasteiger charge is -2.15. The molecule has 3 rings (SSSR count). The monoisotopic (exact) mass is 582 g/mol. The van der Waals surface area contributed by atoms with Crippen LogP contribution in [0.3, 0.4) is 0 Å². The van der Waals surface area contributed by atoms with E-state index in [9.17, 15) is 14.4 Å². The first kappa shape index (κ1) is 28.9. The molecule has 0 radical (unpaired) electrons. The van der Waals surface area contributed by atoms with E-state index < -0.39 is 11.9 Å². The van der Waals surface area contributed by atoms with Gasteiger partial charge >= 0.3 is 5.97 Å². The normalized spacial score (nSPS) is 12.7. The van der Waals surface area contributed by atoms with Gasteiger partial charge in [0.1, 0.15) is 16.9 Å². The van der Waals surface area contributed by atoms with Gasteiger partial charge < -0.3 is 14.0 Å². The Labute approximate surface area is 229 Å². The summed E-state index contributed by atoms with van der Waals surface area (Å²) >= 11 is 3.38. The van der Waals surface area contributed by atoms with Gasteiger partial charge in [0.2, 0.25) is 0 Å². The van der Waals surface area contributed by atoms with Gasteiger partial charge in [0.25, 0.3) is 11.5 Å². The van der Waals surface area contributed by atoms with Gasteiger partial charge in [0, 0.05) is 23.8 Å². The highest BCUT2D eigenvalue weighted by atomic mass is 79.9. The van der Waals surface area contributed by atoms with Gasteiger partial charge in [-0.05, 0) is 45.4 Å². The fourth-order valence-electron chi connectivity index (χ4n) is 3.71. The van der Waals surface area contributed by atoms with Crippen LogP contribution in [0.15, 0.2) is 75.6 Å². The molecule has 0 N–H and O–H groups in total. The topological polar surface area (TPSA) is 104 Å². The van der Waals surface area contributed by atoms with Crippen molar-refractivity contribution in [3.05, 3.63) is 87.2 Å². The summed E-state index contributed by atoms with van der Waals surface area (Å²) < 4.78 is 14.6. The van der Waals surface area contributed by atoms with Crippen molar-refractivity contribution >= 4 is 44.5 Å². The van der Waals surface area contributed by atoms with Crippen LogP contribution in [0, 0.1) is 0 Å². The Balaban J connectivity index is 2.29. The van der Waals surface area contributed by atoms with E-state index in [1.807, 2.05) is 13.8 Å². The van der Waals surface area contributed by atoms with Crippen molar-refractivity contribution in [1.82, 2.24) is 14.0 Å². The first-order chi connectivity index (χ1) is 18.3. The number of carbonyl (C=O) groups excluding carboxylic acids is 2. The zero-order chi connectivity index (χ0) is 27.7. The highest BCUT2D eigenvalue weighted by Crippen LogP contribution is 2.14. The lowest BCUT2D eigenvalue weighted by atomic mass is 10.2. The molecule has 0 aliphatic carbocycles. The fourth-order valence-corrected chi connectivity index (χ4v) is 4.10. The average Bonchev–Trinajstić information content (AvgIpc) is 2.87. The van der Waals surface area contributed by atoms with Crippen molar-refractivity contribution in [2.24, 2.45) is 4.99 Å². The molecule has 1 amide bonds. The Morgan fingerprint density at radius 3 is 2.76 bits per heavy atom. The van der Waals surface area contributed by atoms with Crippen LogP contribution in [0.25, 0.3) is 16.7 Å². The number of fused-ring (bicyclic) bond motifs is 2. The van der Waals surface area contributed by atoms with E-state index >= 15 is 0 Å². The van der Waals surface area contributed by atoms with Crippen LogP contribution in [0.2, 0.25) is 0 Å². The molecule has 0 bridgehead atoms. The van der Waals surface area contributed by atoms with Crippen LogP contribution in [0.5, 0.6) is 0 Å². The van der Waals surface area contributed by atoms with Crippen molar-refractivity contribution in [3.63, 3.8) is 0 Å². The molecule has 200 valence electrons. The molecule has 3 aromatic rings. The van der Waals surface area contributed by atoms with E-state index in [1.165, 1.54) is 10.5 Å². The van der Waals surface area contributed by atoms with Gasteiger partial charge in [-0.15, -0.1) is 0 Å². The van der Waals surface area contributed by atoms with E-state index in [0.717, 1.165) is 0 Å². The summed E-state index contributed by atoms with van der Waals surface area (Å²) in [5.74, 6) is -1.18. The van der Waals surface area contributed by atoms with Gasteiger partial charge in [-0.25, -0.2) is 9.78 Å². The minimum Gasteiger partial charge on any atom is -0.462 e. The molecule has 0 spiro atoms. The Hall–Kier alpha value is -3.63. The molecule has 3 heterocycles. The minimum atomic E-state index is -0.686. The molecule has 0 aliphatic heterocycles. The molecule has 3 aromatic heterocycles. The molecular formula is C28H31BrN4O5. The largest absolute Gasteiger partial charge is 0.462 e. The maximum atomic E-state index is 13.4. The summed E-state index contributed by atoms with van der Waals surface area (Å²) in [7, 11) is 0. The number of allylic oxidation sites excluding steroid dienone is 4. The van der Waals surface area contributed by atoms with E-state index in [-0.39, 0.29) is 41.1 Å². The molecule has 0 atom stereocenters. The van der Waals surface area contributed by atoms with Gasteiger partial charge in [-0.3, -0.25) is 14.0 Å². The third kappa shape index (κ3) is 7.23. The SMILES string of the molecule is C=C/C=C/C=C(\Br)CC(=O)N=c1c(C(=O)OCC)cc2c(=O)n3ccccc3nc2n1CCCOC(C)C. The standard InChI is InChI=1S/C28H31BrN4O5/c1-5-7-8-12-20(29)17-24(34)31-26-22(28(36)37-6-2)18-21-25(33(26)15-11-16-38-19(3)4)30-23-13-9-10-14-32(23)27(21)35/h5,7-10,12-14,18-19H,1,6,11,15-17H2,2-4H3/b8-7+,20-12-,31-26?.